The van der Waals surface area contributed by atoms with Crippen molar-refractivity contribution in [3.63, 3.8) is 0 Å². The maximum atomic E-state index is 12.5. The van der Waals surface area contributed by atoms with Crippen LogP contribution < -0.4 is 11.1 Å². The number of hydrogen-bond donors (Lipinski definition) is 2. The van der Waals surface area contributed by atoms with E-state index < -0.39 is 5.60 Å². The fourth-order valence-corrected chi connectivity index (χ4v) is 3.11. The Morgan fingerprint density at radius 3 is 2.53 bits per heavy atom. The van der Waals surface area contributed by atoms with E-state index in [1.165, 1.54) is 0 Å². The maximum absolute atomic E-state index is 12.5. The van der Waals surface area contributed by atoms with E-state index in [1.54, 1.807) is 35.4 Å². The molecule has 0 aliphatic carbocycles. The van der Waals surface area contributed by atoms with Gasteiger partial charge < -0.3 is 20.7 Å². The van der Waals surface area contributed by atoms with E-state index >= 15 is 0 Å². The Bertz CT molecular complexity index is 932. The van der Waals surface area contributed by atoms with Crippen LogP contribution in [0.15, 0.2) is 53.5 Å². The molecule has 2 aromatic rings. The predicted molar refractivity (Wildman–Crippen MR) is 118 cm³/mol. The number of anilines is 1. The number of nitrogens with zero attached hydrogens (tertiary/aromatic N) is 2. The van der Waals surface area contributed by atoms with Crippen molar-refractivity contribution in [1.82, 2.24) is 10.2 Å². The van der Waals surface area contributed by atoms with Crippen molar-refractivity contribution < 1.29 is 14.3 Å². The van der Waals surface area contributed by atoms with Gasteiger partial charge in [0.05, 0.1) is 5.69 Å². The predicted octanol–water partition coefficient (Wildman–Crippen LogP) is 3.76. The standard InChI is InChI=1S/C23H28N4O3/c1-23(2,3)30-22(29)27-13-12-19(15-27)26-21(28)16-8-10-18(11-9-16)25-14-17-6-4-5-7-20(17)24/h4-11,14,19H,12-13,15,24H2,1-3H3,(H,26,28)/t19-/m1/s1. The van der Waals surface area contributed by atoms with E-state index in [1.807, 2.05) is 45.0 Å². The molecule has 1 atom stereocenters. The van der Waals surface area contributed by atoms with Crippen LogP contribution in [-0.2, 0) is 4.74 Å². The SMILES string of the molecule is CC(C)(C)OC(=O)N1CC[C@@H](NC(=O)c2ccc(N=Cc3ccccc3N)cc2)C1. The topological polar surface area (TPSA) is 97.0 Å². The first-order chi connectivity index (χ1) is 14.2. The molecule has 2 amide bonds. The molecule has 7 heteroatoms. The minimum absolute atomic E-state index is 0.0937. The van der Waals surface area contributed by atoms with Crippen LogP contribution in [-0.4, -0.2) is 47.8 Å². The Labute approximate surface area is 176 Å². The Hall–Kier alpha value is -3.35. The molecule has 0 bridgehead atoms. The van der Waals surface area contributed by atoms with Gasteiger partial charge in [-0.2, -0.15) is 0 Å². The molecular weight excluding hydrogens is 380 g/mol. The first-order valence-corrected chi connectivity index (χ1v) is 9.99. The van der Waals surface area contributed by atoms with Crippen molar-refractivity contribution in [2.24, 2.45) is 4.99 Å². The highest BCUT2D eigenvalue weighted by molar-refractivity contribution is 5.95. The summed E-state index contributed by atoms with van der Waals surface area (Å²) in [4.78, 5) is 30.7. The Kier molecular flexibility index (Phi) is 6.40. The zero-order valence-electron chi connectivity index (χ0n) is 17.6. The normalized spacial score (nSPS) is 16.6. The highest BCUT2D eigenvalue weighted by Crippen LogP contribution is 2.17. The summed E-state index contributed by atoms with van der Waals surface area (Å²) in [5, 5.41) is 2.98. The largest absolute Gasteiger partial charge is 0.444 e. The van der Waals surface area contributed by atoms with E-state index in [0.29, 0.717) is 30.8 Å². The van der Waals surface area contributed by atoms with E-state index in [2.05, 4.69) is 10.3 Å². The monoisotopic (exact) mass is 408 g/mol. The quantitative estimate of drug-likeness (QED) is 0.595. The summed E-state index contributed by atoms with van der Waals surface area (Å²) < 4.78 is 5.39. The second-order valence-corrected chi connectivity index (χ2v) is 8.32. The number of benzene rings is 2. The second-order valence-electron chi connectivity index (χ2n) is 8.32. The zero-order chi connectivity index (χ0) is 21.7. The van der Waals surface area contributed by atoms with Crippen LogP contribution in [0, 0.1) is 0 Å². The van der Waals surface area contributed by atoms with Gasteiger partial charge in [-0.25, -0.2) is 4.79 Å². The first kappa shape index (κ1) is 21.4. The lowest BCUT2D eigenvalue weighted by molar-refractivity contribution is 0.0290. The molecule has 1 aliphatic rings. The second kappa shape index (κ2) is 8.98. The van der Waals surface area contributed by atoms with Gasteiger partial charge in [0.1, 0.15) is 5.60 Å². The highest BCUT2D eigenvalue weighted by atomic mass is 16.6. The molecule has 0 radical (unpaired) electrons. The number of hydrogen-bond acceptors (Lipinski definition) is 5. The summed E-state index contributed by atoms with van der Waals surface area (Å²) in [6.07, 6.45) is 2.06. The van der Waals surface area contributed by atoms with Crippen molar-refractivity contribution in [1.29, 1.82) is 0 Å². The van der Waals surface area contributed by atoms with Gasteiger partial charge in [-0.3, -0.25) is 9.79 Å². The summed E-state index contributed by atoms with van der Waals surface area (Å²) in [6.45, 7) is 6.52. The minimum Gasteiger partial charge on any atom is -0.444 e. The van der Waals surface area contributed by atoms with Gasteiger partial charge in [0.2, 0.25) is 0 Å². The van der Waals surface area contributed by atoms with E-state index in [9.17, 15) is 9.59 Å². The van der Waals surface area contributed by atoms with Crippen LogP contribution in [0.1, 0.15) is 43.1 Å². The lowest BCUT2D eigenvalue weighted by atomic mass is 10.1. The summed E-state index contributed by atoms with van der Waals surface area (Å²) >= 11 is 0. The summed E-state index contributed by atoms with van der Waals surface area (Å²) in [6, 6.07) is 14.4. The molecule has 3 N–H and O–H groups in total. The zero-order valence-corrected chi connectivity index (χ0v) is 17.6. The van der Waals surface area contributed by atoms with Crippen LogP contribution in [0.25, 0.3) is 0 Å². The number of nitrogens with two attached hydrogens (primary N) is 1. The van der Waals surface area contributed by atoms with Gasteiger partial charge in [0, 0.05) is 42.2 Å². The molecule has 0 unspecified atom stereocenters. The number of aliphatic imine (C=N–C) groups is 1. The van der Waals surface area contributed by atoms with Gasteiger partial charge in [-0.15, -0.1) is 0 Å². The molecule has 30 heavy (non-hydrogen) atoms. The Morgan fingerprint density at radius 2 is 1.87 bits per heavy atom. The molecule has 2 aromatic carbocycles. The number of carbonyl (C=O) groups is 2. The number of ether oxygens (including phenoxy) is 1. The molecule has 158 valence electrons. The highest BCUT2D eigenvalue weighted by Gasteiger charge is 2.30. The maximum Gasteiger partial charge on any atom is 0.410 e. The molecule has 0 aromatic heterocycles. The molecule has 3 rings (SSSR count). The number of para-hydroxylation sites is 1. The number of likely N-dealkylation sites (tertiary alicyclic amines) is 1. The number of amides is 2. The lowest BCUT2D eigenvalue weighted by Gasteiger charge is -2.24. The van der Waals surface area contributed by atoms with E-state index in [-0.39, 0.29) is 18.0 Å². The number of carbonyl (C=O) groups excluding carboxylic acids is 2. The minimum atomic E-state index is -0.533. The summed E-state index contributed by atoms with van der Waals surface area (Å²) in [5.41, 5.74) is 8.15. The molecule has 0 saturated carbocycles. The Balaban J connectivity index is 1.54. The first-order valence-electron chi connectivity index (χ1n) is 9.99. The molecule has 1 aliphatic heterocycles. The third-order valence-corrected chi connectivity index (χ3v) is 4.65. The van der Waals surface area contributed by atoms with Crippen molar-refractivity contribution in [2.75, 3.05) is 18.8 Å². The van der Waals surface area contributed by atoms with Crippen LogP contribution in [0.3, 0.4) is 0 Å². The number of nitrogens with one attached hydrogen (secondary N) is 1. The fraction of sp³-hybridized carbons (Fsp3) is 0.348. The van der Waals surface area contributed by atoms with Gasteiger partial charge in [0.25, 0.3) is 5.91 Å². The van der Waals surface area contributed by atoms with E-state index in [0.717, 1.165) is 11.3 Å². The van der Waals surface area contributed by atoms with Crippen LogP contribution >= 0.6 is 0 Å². The van der Waals surface area contributed by atoms with E-state index in [4.69, 9.17) is 10.5 Å². The Morgan fingerprint density at radius 1 is 1.17 bits per heavy atom. The molecule has 1 fully saturated rings. The van der Waals surface area contributed by atoms with Crippen molar-refractivity contribution in [2.45, 2.75) is 38.8 Å². The van der Waals surface area contributed by atoms with Gasteiger partial charge >= 0.3 is 6.09 Å². The number of rotatable bonds is 4. The van der Waals surface area contributed by atoms with Crippen molar-refractivity contribution in [3.05, 3.63) is 59.7 Å². The average molecular weight is 409 g/mol. The molecule has 1 heterocycles. The van der Waals surface area contributed by atoms with Crippen LogP contribution in [0.4, 0.5) is 16.2 Å². The fourth-order valence-electron chi connectivity index (χ4n) is 3.11. The molecule has 7 nitrogen and oxygen atoms in total. The average Bonchev–Trinajstić information content (AvgIpc) is 3.15. The lowest BCUT2D eigenvalue weighted by Crippen LogP contribution is -2.40. The molecule has 1 saturated heterocycles. The summed E-state index contributed by atoms with van der Waals surface area (Å²) in [5.74, 6) is -0.172. The van der Waals surface area contributed by atoms with Crippen molar-refractivity contribution >= 4 is 29.6 Å². The molecular formula is C23H28N4O3. The van der Waals surface area contributed by atoms with Gasteiger partial charge in [-0.1, -0.05) is 18.2 Å². The van der Waals surface area contributed by atoms with Gasteiger partial charge in [-0.05, 0) is 57.5 Å². The summed E-state index contributed by atoms with van der Waals surface area (Å²) in [7, 11) is 0. The number of nitrogen functional groups attached to an aromatic ring is 1. The molecule has 0 spiro atoms. The third kappa shape index (κ3) is 5.83. The smallest absolute Gasteiger partial charge is 0.410 e. The van der Waals surface area contributed by atoms with Crippen molar-refractivity contribution in [3.8, 4) is 0 Å². The van der Waals surface area contributed by atoms with Crippen LogP contribution in [0.5, 0.6) is 0 Å². The van der Waals surface area contributed by atoms with Crippen LogP contribution in [0.2, 0.25) is 0 Å². The third-order valence-electron chi connectivity index (χ3n) is 4.65. The van der Waals surface area contributed by atoms with Gasteiger partial charge in [0.15, 0.2) is 0 Å².